The fourth-order valence-electron chi connectivity index (χ4n) is 2.00. The maximum absolute atomic E-state index is 12.3. The third-order valence-corrected chi connectivity index (χ3v) is 3.51. The van der Waals surface area contributed by atoms with Gasteiger partial charge in [0.05, 0.1) is 16.9 Å². The van der Waals surface area contributed by atoms with Crippen LogP contribution in [0.5, 0.6) is 0 Å². The molecule has 24 heavy (non-hydrogen) atoms. The van der Waals surface area contributed by atoms with E-state index < -0.39 is 0 Å². The van der Waals surface area contributed by atoms with Crippen molar-refractivity contribution in [1.29, 1.82) is 0 Å². The van der Waals surface area contributed by atoms with Crippen molar-refractivity contribution in [2.24, 2.45) is 0 Å². The van der Waals surface area contributed by atoms with Crippen molar-refractivity contribution < 1.29 is 9.59 Å². The Morgan fingerprint density at radius 3 is 2.62 bits per heavy atom. The molecule has 1 unspecified atom stereocenters. The average Bonchev–Trinajstić information content (AvgIpc) is 2.61. The van der Waals surface area contributed by atoms with E-state index in [1.165, 1.54) is 6.08 Å². The lowest BCUT2D eigenvalue weighted by molar-refractivity contribution is -0.111. The molecule has 2 rings (SSSR count). The van der Waals surface area contributed by atoms with Gasteiger partial charge in [-0.05, 0) is 43.7 Å². The number of nitrogens with zero attached hydrogens (tertiary/aromatic N) is 1. The van der Waals surface area contributed by atoms with Crippen LogP contribution in [-0.2, 0) is 4.79 Å². The highest BCUT2D eigenvalue weighted by Crippen LogP contribution is 2.15. The molecule has 0 bridgehead atoms. The van der Waals surface area contributed by atoms with Gasteiger partial charge in [-0.15, -0.1) is 0 Å². The van der Waals surface area contributed by atoms with E-state index in [0.717, 1.165) is 6.42 Å². The summed E-state index contributed by atoms with van der Waals surface area (Å²) >= 11 is 0. The molecule has 1 aromatic heterocycles. The summed E-state index contributed by atoms with van der Waals surface area (Å²) in [5.41, 5.74) is 1.61. The third kappa shape index (κ3) is 5.05. The van der Waals surface area contributed by atoms with Gasteiger partial charge in [-0.1, -0.05) is 25.1 Å². The molecule has 0 radical (unpaired) electrons. The molecule has 2 N–H and O–H groups in total. The minimum absolute atomic E-state index is 0.0744. The first-order chi connectivity index (χ1) is 11.6. The number of hydrogen-bond donors (Lipinski definition) is 2. The molecule has 0 spiro atoms. The van der Waals surface area contributed by atoms with Crippen LogP contribution in [0.15, 0.2) is 54.7 Å². The van der Waals surface area contributed by atoms with Gasteiger partial charge in [0, 0.05) is 18.3 Å². The second-order valence-corrected chi connectivity index (χ2v) is 5.41. The minimum Gasteiger partial charge on any atom is -0.350 e. The van der Waals surface area contributed by atoms with Gasteiger partial charge in [0.25, 0.3) is 5.91 Å². The molecule has 0 aliphatic rings. The van der Waals surface area contributed by atoms with E-state index in [4.69, 9.17) is 0 Å². The van der Waals surface area contributed by atoms with Gasteiger partial charge in [0.2, 0.25) is 5.91 Å². The number of hydrogen-bond acceptors (Lipinski definition) is 3. The lowest BCUT2D eigenvalue weighted by Gasteiger charge is -2.14. The zero-order valence-corrected chi connectivity index (χ0v) is 13.8. The molecule has 0 saturated heterocycles. The summed E-state index contributed by atoms with van der Waals surface area (Å²) in [6, 6.07) is 12.5. The molecule has 0 fully saturated rings. The van der Waals surface area contributed by atoms with Gasteiger partial charge in [-0.25, -0.2) is 0 Å². The maximum atomic E-state index is 12.3. The smallest absolute Gasteiger partial charge is 0.253 e. The van der Waals surface area contributed by atoms with Gasteiger partial charge in [-0.3, -0.25) is 14.6 Å². The van der Waals surface area contributed by atoms with Crippen LogP contribution in [0, 0.1) is 0 Å². The number of benzene rings is 1. The van der Waals surface area contributed by atoms with Crippen molar-refractivity contribution in [2.75, 3.05) is 5.32 Å². The van der Waals surface area contributed by atoms with Gasteiger partial charge in [0.15, 0.2) is 0 Å². The zero-order valence-electron chi connectivity index (χ0n) is 13.8. The quantitative estimate of drug-likeness (QED) is 0.802. The number of anilines is 1. The number of aromatic nitrogens is 1. The molecule has 0 saturated carbocycles. The Morgan fingerprint density at radius 2 is 1.92 bits per heavy atom. The summed E-state index contributed by atoms with van der Waals surface area (Å²) in [5.74, 6) is -0.515. The Balaban J connectivity index is 2.08. The van der Waals surface area contributed by atoms with Gasteiger partial charge in [-0.2, -0.15) is 0 Å². The van der Waals surface area contributed by atoms with Crippen molar-refractivity contribution in [3.63, 3.8) is 0 Å². The van der Waals surface area contributed by atoms with Crippen LogP contribution in [0.3, 0.4) is 0 Å². The van der Waals surface area contributed by atoms with E-state index in [2.05, 4.69) is 15.6 Å². The Bertz CT molecular complexity index is 726. The fourth-order valence-corrected chi connectivity index (χ4v) is 2.00. The first kappa shape index (κ1) is 17.4. The second kappa shape index (κ2) is 8.62. The van der Waals surface area contributed by atoms with Gasteiger partial charge in [0.1, 0.15) is 0 Å². The van der Waals surface area contributed by atoms with Crippen molar-refractivity contribution in [1.82, 2.24) is 10.3 Å². The maximum Gasteiger partial charge on any atom is 0.253 e. The van der Waals surface area contributed by atoms with Crippen LogP contribution < -0.4 is 10.6 Å². The minimum atomic E-state index is -0.315. The monoisotopic (exact) mass is 323 g/mol. The number of carbonyl (C=O) groups is 2. The Morgan fingerprint density at radius 1 is 1.17 bits per heavy atom. The first-order valence-corrected chi connectivity index (χ1v) is 7.90. The predicted molar refractivity (Wildman–Crippen MR) is 95.6 cm³/mol. The highest BCUT2D eigenvalue weighted by Gasteiger charge is 2.13. The molecule has 0 aliphatic heterocycles. The molecule has 1 aromatic carbocycles. The lowest BCUT2D eigenvalue weighted by atomic mass is 10.1. The molecular weight excluding hydrogens is 302 g/mol. The summed E-state index contributed by atoms with van der Waals surface area (Å²) in [4.78, 5) is 28.5. The van der Waals surface area contributed by atoms with E-state index in [0.29, 0.717) is 16.9 Å². The average molecular weight is 323 g/mol. The molecule has 1 atom stereocenters. The summed E-state index contributed by atoms with van der Waals surface area (Å²) in [6.07, 6.45) is 5.52. The Labute approximate surface area is 141 Å². The highest BCUT2D eigenvalue weighted by atomic mass is 16.2. The van der Waals surface area contributed by atoms with E-state index in [-0.39, 0.29) is 17.9 Å². The first-order valence-electron chi connectivity index (χ1n) is 7.90. The van der Waals surface area contributed by atoms with E-state index >= 15 is 0 Å². The van der Waals surface area contributed by atoms with Crippen molar-refractivity contribution in [3.8, 4) is 0 Å². The van der Waals surface area contributed by atoms with E-state index in [9.17, 15) is 9.59 Å². The Kier molecular flexibility index (Phi) is 6.25. The number of nitrogens with one attached hydrogen (secondary N) is 2. The molecular formula is C19H21N3O2. The van der Waals surface area contributed by atoms with Crippen molar-refractivity contribution in [2.45, 2.75) is 26.3 Å². The van der Waals surface area contributed by atoms with Crippen molar-refractivity contribution >= 4 is 23.6 Å². The number of para-hydroxylation sites is 1. The molecule has 5 heteroatoms. The van der Waals surface area contributed by atoms with Gasteiger partial charge >= 0.3 is 0 Å². The SMILES string of the molecule is CCC(C)NC(=O)c1ccccc1NC(=O)/C=C/c1ccccn1. The number of carbonyl (C=O) groups excluding carboxylic acids is 2. The normalized spacial score (nSPS) is 11.9. The topological polar surface area (TPSA) is 71.1 Å². The summed E-state index contributed by atoms with van der Waals surface area (Å²) in [6.45, 7) is 3.94. The van der Waals surface area contributed by atoms with Crippen LogP contribution in [0.1, 0.15) is 36.3 Å². The number of rotatable bonds is 6. The Hall–Kier alpha value is -2.95. The number of amides is 2. The van der Waals surface area contributed by atoms with Crippen LogP contribution in [0.2, 0.25) is 0 Å². The van der Waals surface area contributed by atoms with Crippen LogP contribution in [0.4, 0.5) is 5.69 Å². The van der Waals surface area contributed by atoms with Crippen LogP contribution in [-0.4, -0.2) is 22.8 Å². The summed E-state index contributed by atoms with van der Waals surface area (Å²) in [5, 5.41) is 5.64. The third-order valence-electron chi connectivity index (χ3n) is 3.51. The second-order valence-electron chi connectivity index (χ2n) is 5.41. The molecule has 124 valence electrons. The predicted octanol–water partition coefficient (Wildman–Crippen LogP) is 3.26. The van der Waals surface area contributed by atoms with Crippen molar-refractivity contribution in [3.05, 3.63) is 66.0 Å². The molecule has 2 amide bonds. The molecule has 2 aromatic rings. The fraction of sp³-hybridized carbons (Fsp3) is 0.211. The highest BCUT2D eigenvalue weighted by molar-refractivity contribution is 6.07. The summed E-state index contributed by atoms with van der Waals surface area (Å²) in [7, 11) is 0. The largest absolute Gasteiger partial charge is 0.350 e. The van der Waals surface area contributed by atoms with Gasteiger partial charge < -0.3 is 10.6 Å². The summed E-state index contributed by atoms with van der Waals surface area (Å²) < 4.78 is 0. The lowest BCUT2D eigenvalue weighted by Crippen LogP contribution is -2.32. The molecule has 5 nitrogen and oxygen atoms in total. The van der Waals surface area contributed by atoms with E-state index in [1.807, 2.05) is 26.0 Å². The zero-order chi connectivity index (χ0) is 17.4. The molecule has 0 aliphatic carbocycles. The van der Waals surface area contributed by atoms with Crippen LogP contribution >= 0.6 is 0 Å². The molecule has 1 heterocycles. The van der Waals surface area contributed by atoms with E-state index in [1.54, 1.807) is 42.6 Å². The number of pyridine rings is 1. The van der Waals surface area contributed by atoms with Crippen LogP contribution in [0.25, 0.3) is 6.08 Å². The standard InChI is InChI=1S/C19H21N3O2/c1-3-14(2)21-19(24)16-9-4-5-10-17(16)22-18(23)12-11-15-8-6-7-13-20-15/h4-14H,3H2,1-2H3,(H,21,24)(H,22,23)/b12-11+.